The van der Waals surface area contributed by atoms with Crippen molar-refractivity contribution in [3.63, 3.8) is 0 Å². The van der Waals surface area contributed by atoms with E-state index in [0.29, 0.717) is 36.9 Å². The van der Waals surface area contributed by atoms with Gasteiger partial charge in [0.05, 0.1) is 18.1 Å². The van der Waals surface area contributed by atoms with Crippen LogP contribution in [0.15, 0.2) is 4.52 Å². The summed E-state index contributed by atoms with van der Waals surface area (Å²) in [4.78, 5) is 4.11. The Morgan fingerprint density at radius 2 is 2.06 bits per heavy atom. The van der Waals surface area contributed by atoms with Crippen LogP contribution in [0.2, 0.25) is 0 Å². The smallest absolute Gasteiger partial charge is 0.240 e. The lowest BCUT2D eigenvalue weighted by Crippen LogP contribution is -2.24. The van der Waals surface area contributed by atoms with Crippen molar-refractivity contribution in [3.05, 3.63) is 11.7 Å². The summed E-state index contributed by atoms with van der Waals surface area (Å²) in [7, 11) is -2.79. The Bertz CT molecular complexity index is 440. The first-order valence-electron chi connectivity index (χ1n) is 5.31. The molecule has 1 aliphatic heterocycles. The summed E-state index contributed by atoms with van der Waals surface area (Å²) in [6, 6.07) is 0. The van der Waals surface area contributed by atoms with Crippen molar-refractivity contribution in [3.8, 4) is 0 Å². The van der Waals surface area contributed by atoms with Crippen molar-refractivity contribution in [2.45, 2.75) is 25.8 Å². The summed E-state index contributed by atoms with van der Waals surface area (Å²) in [6.07, 6.45) is 2.06. The molecule has 0 bridgehead atoms. The maximum Gasteiger partial charge on any atom is 0.240 e. The lowest BCUT2D eigenvalue weighted by Gasteiger charge is -2.20. The topological polar surface area (TPSA) is 99.1 Å². The van der Waals surface area contributed by atoms with Gasteiger partial charge in [-0.3, -0.25) is 0 Å². The molecule has 2 rings (SSSR count). The molecule has 7 heteroatoms. The van der Waals surface area contributed by atoms with Gasteiger partial charge in [0.1, 0.15) is 9.84 Å². The molecule has 1 aromatic heterocycles. The highest BCUT2D eigenvalue weighted by atomic mass is 32.2. The van der Waals surface area contributed by atoms with Gasteiger partial charge in [-0.2, -0.15) is 4.98 Å². The van der Waals surface area contributed by atoms with Crippen molar-refractivity contribution >= 4 is 9.84 Å². The molecular formula is C9H15N3O3S. The minimum Gasteiger partial charge on any atom is -0.338 e. The predicted octanol–water partition coefficient (Wildman–Crippen LogP) is -0.104. The lowest BCUT2D eigenvalue weighted by atomic mass is 9.99. The Balaban J connectivity index is 1.91. The maximum atomic E-state index is 11.2. The van der Waals surface area contributed by atoms with E-state index in [0.717, 1.165) is 0 Å². The van der Waals surface area contributed by atoms with Crippen LogP contribution < -0.4 is 5.73 Å². The molecule has 1 saturated heterocycles. The summed E-state index contributed by atoms with van der Waals surface area (Å²) in [5.74, 6) is 1.95. The fourth-order valence-corrected chi connectivity index (χ4v) is 3.45. The van der Waals surface area contributed by atoms with Crippen LogP contribution in [0.3, 0.4) is 0 Å². The van der Waals surface area contributed by atoms with Crippen molar-refractivity contribution in [1.29, 1.82) is 0 Å². The van der Waals surface area contributed by atoms with Crippen molar-refractivity contribution in [2.24, 2.45) is 11.7 Å². The zero-order chi connectivity index (χ0) is 11.6. The number of aromatic nitrogens is 2. The summed E-state index contributed by atoms with van der Waals surface area (Å²) in [5.41, 5.74) is 5.36. The maximum absolute atomic E-state index is 11.2. The van der Waals surface area contributed by atoms with Gasteiger partial charge in [0.2, 0.25) is 5.89 Å². The van der Waals surface area contributed by atoms with Crippen LogP contribution in [-0.2, 0) is 22.8 Å². The number of nitrogens with zero attached hydrogens (tertiary/aromatic N) is 2. The van der Waals surface area contributed by atoms with Gasteiger partial charge in [-0.15, -0.1) is 0 Å². The Morgan fingerprint density at radius 3 is 2.62 bits per heavy atom. The molecule has 16 heavy (non-hydrogen) atoms. The molecule has 0 spiro atoms. The average molecular weight is 245 g/mol. The van der Waals surface area contributed by atoms with E-state index >= 15 is 0 Å². The van der Waals surface area contributed by atoms with E-state index < -0.39 is 9.84 Å². The van der Waals surface area contributed by atoms with E-state index in [9.17, 15) is 8.42 Å². The molecule has 0 saturated carbocycles. The minimum atomic E-state index is -2.79. The highest BCUT2D eigenvalue weighted by Gasteiger charge is 2.24. The first-order valence-corrected chi connectivity index (χ1v) is 7.13. The van der Waals surface area contributed by atoms with Crippen LogP contribution in [0, 0.1) is 5.92 Å². The molecule has 0 aromatic carbocycles. The molecular weight excluding hydrogens is 230 g/mol. The minimum absolute atomic E-state index is 0.242. The van der Waals surface area contributed by atoms with Crippen LogP contribution in [0.4, 0.5) is 0 Å². The first-order chi connectivity index (χ1) is 7.59. The monoisotopic (exact) mass is 245 g/mol. The summed E-state index contributed by atoms with van der Waals surface area (Å²) in [6.45, 7) is 0.242. The largest absolute Gasteiger partial charge is 0.338 e. The number of rotatable bonds is 3. The number of sulfone groups is 1. The highest BCUT2D eigenvalue weighted by Crippen LogP contribution is 2.21. The van der Waals surface area contributed by atoms with Gasteiger partial charge in [0.15, 0.2) is 5.82 Å². The zero-order valence-corrected chi connectivity index (χ0v) is 9.74. The van der Waals surface area contributed by atoms with Crippen molar-refractivity contribution in [1.82, 2.24) is 10.1 Å². The Labute approximate surface area is 94.1 Å². The normalized spacial score (nSPS) is 21.1. The molecule has 0 aliphatic carbocycles. The Hall–Kier alpha value is -0.950. The third-order valence-corrected chi connectivity index (χ3v) is 4.55. The number of nitrogens with two attached hydrogens (primary N) is 1. The number of hydrogen-bond donors (Lipinski definition) is 1. The highest BCUT2D eigenvalue weighted by molar-refractivity contribution is 7.91. The summed E-state index contributed by atoms with van der Waals surface area (Å²) >= 11 is 0. The zero-order valence-electron chi connectivity index (χ0n) is 8.92. The molecule has 1 aromatic rings. The van der Waals surface area contributed by atoms with Crippen LogP contribution in [-0.4, -0.2) is 30.1 Å². The molecule has 2 heterocycles. The van der Waals surface area contributed by atoms with E-state index in [1.54, 1.807) is 0 Å². The molecule has 2 N–H and O–H groups in total. The SMILES string of the molecule is NCc1nc(CC2CCS(=O)(=O)CC2)no1. The van der Waals surface area contributed by atoms with E-state index in [4.69, 9.17) is 10.3 Å². The van der Waals surface area contributed by atoms with Gasteiger partial charge in [-0.05, 0) is 18.8 Å². The van der Waals surface area contributed by atoms with Crippen LogP contribution in [0.5, 0.6) is 0 Å². The standard InChI is InChI=1S/C9H15N3O3S/c10-6-9-11-8(12-15-9)5-7-1-3-16(13,14)4-2-7/h7H,1-6,10H2. The van der Waals surface area contributed by atoms with Crippen molar-refractivity contribution in [2.75, 3.05) is 11.5 Å². The second kappa shape index (κ2) is 4.50. The molecule has 90 valence electrons. The predicted molar refractivity (Wildman–Crippen MR) is 57.3 cm³/mol. The first kappa shape index (κ1) is 11.5. The lowest BCUT2D eigenvalue weighted by molar-refractivity contribution is 0.367. The third kappa shape index (κ3) is 2.79. The van der Waals surface area contributed by atoms with Gasteiger partial charge in [0.25, 0.3) is 0 Å². The molecule has 1 aliphatic rings. The van der Waals surface area contributed by atoms with Gasteiger partial charge in [-0.25, -0.2) is 8.42 Å². The second-order valence-corrected chi connectivity index (χ2v) is 6.41. The molecule has 0 amide bonds. The van der Waals surface area contributed by atoms with Crippen LogP contribution >= 0.6 is 0 Å². The van der Waals surface area contributed by atoms with Gasteiger partial charge < -0.3 is 10.3 Å². The van der Waals surface area contributed by atoms with E-state index in [-0.39, 0.29) is 18.1 Å². The molecule has 0 radical (unpaired) electrons. The molecule has 0 atom stereocenters. The fraction of sp³-hybridized carbons (Fsp3) is 0.778. The Morgan fingerprint density at radius 1 is 1.38 bits per heavy atom. The van der Waals surface area contributed by atoms with E-state index in [1.807, 2.05) is 0 Å². The average Bonchev–Trinajstić information content (AvgIpc) is 2.69. The van der Waals surface area contributed by atoms with Crippen LogP contribution in [0.25, 0.3) is 0 Å². The summed E-state index contributed by atoms with van der Waals surface area (Å²) in [5, 5.41) is 3.80. The Kier molecular flexibility index (Phi) is 3.25. The second-order valence-electron chi connectivity index (χ2n) is 4.11. The summed E-state index contributed by atoms with van der Waals surface area (Å²) < 4.78 is 27.4. The third-order valence-electron chi connectivity index (χ3n) is 2.83. The van der Waals surface area contributed by atoms with Crippen molar-refractivity contribution < 1.29 is 12.9 Å². The number of hydrogen-bond acceptors (Lipinski definition) is 6. The molecule has 0 unspecified atom stereocenters. The van der Waals surface area contributed by atoms with E-state index in [1.165, 1.54) is 0 Å². The van der Waals surface area contributed by atoms with E-state index in [2.05, 4.69) is 10.1 Å². The van der Waals surface area contributed by atoms with Crippen LogP contribution in [0.1, 0.15) is 24.6 Å². The quantitative estimate of drug-likeness (QED) is 0.798. The van der Waals surface area contributed by atoms with Gasteiger partial charge in [-0.1, -0.05) is 5.16 Å². The molecule has 6 nitrogen and oxygen atoms in total. The fourth-order valence-electron chi connectivity index (χ4n) is 1.86. The van der Waals surface area contributed by atoms with Gasteiger partial charge >= 0.3 is 0 Å². The van der Waals surface area contributed by atoms with Gasteiger partial charge in [0, 0.05) is 6.42 Å². The molecule has 1 fully saturated rings.